The Morgan fingerprint density at radius 2 is 1.81 bits per heavy atom. The van der Waals surface area contributed by atoms with E-state index in [9.17, 15) is 0 Å². The maximum absolute atomic E-state index is 5.38. The van der Waals surface area contributed by atoms with Crippen LogP contribution < -0.4 is 15.0 Å². The molecule has 2 N–H and O–H groups in total. The number of rotatable bonds is 6. The number of aromatic amines is 1. The minimum Gasteiger partial charge on any atom is -0.497 e. The van der Waals surface area contributed by atoms with Gasteiger partial charge in [0.2, 0.25) is 0 Å². The molecule has 4 aromatic rings. The Morgan fingerprint density at radius 1 is 1.03 bits per heavy atom. The second-order valence-corrected chi connectivity index (χ2v) is 8.84. The van der Waals surface area contributed by atoms with E-state index < -0.39 is 0 Å². The highest BCUT2D eigenvalue weighted by Gasteiger charge is 2.18. The Bertz CT molecular complexity index is 1210. The maximum Gasteiger partial charge on any atom is 0.159 e. The predicted octanol–water partition coefficient (Wildman–Crippen LogP) is 4.64. The summed E-state index contributed by atoms with van der Waals surface area (Å²) in [7, 11) is 1.67. The van der Waals surface area contributed by atoms with Gasteiger partial charge < -0.3 is 15.0 Å². The van der Waals surface area contributed by atoms with Crippen molar-refractivity contribution in [3.05, 3.63) is 48.7 Å². The predicted molar refractivity (Wildman–Crippen MR) is 131 cm³/mol. The Hall–Kier alpha value is -3.32. The number of hydrogen-bond donors (Lipinski definition) is 2. The van der Waals surface area contributed by atoms with Gasteiger partial charge in [0.05, 0.1) is 12.6 Å². The van der Waals surface area contributed by atoms with Crippen LogP contribution in [0.3, 0.4) is 0 Å². The van der Waals surface area contributed by atoms with Crippen LogP contribution in [0.15, 0.2) is 48.7 Å². The summed E-state index contributed by atoms with van der Waals surface area (Å²) >= 11 is 0. The second kappa shape index (κ2) is 8.67. The van der Waals surface area contributed by atoms with Gasteiger partial charge in [-0.05, 0) is 48.4 Å². The van der Waals surface area contributed by atoms with Crippen LogP contribution in [0.2, 0.25) is 0 Å². The van der Waals surface area contributed by atoms with Crippen molar-refractivity contribution in [2.45, 2.75) is 13.8 Å². The van der Waals surface area contributed by atoms with Crippen LogP contribution >= 0.6 is 0 Å². The minimum atomic E-state index is 0.721. The molecule has 0 atom stereocenters. The van der Waals surface area contributed by atoms with Gasteiger partial charge in [0.1, 0.15) is 11.3 Å². The van der Waals surface area contributed by atoms with E-state index in [1.807, 2.05) is 24.4 Å². The molecule has 1 fully saturated rings. The van der Waals surface area contributed by atoms with Crippen molar-refractivity contribution >= 4 is 39.0 Å². The van der Waals surface area contributed by atoms with Gasteiger partial charge in [0, 0.05) is 61.1 Å². The number of fused-ring (bicyclic) bond motifs is 3. The van der Waals surface area contributed by atoms with Gasteiger partial charge in [0.15, 0.2) is 5.82 Å². The highest BCUT2D eigenvalue weighted by molar-refractivity contribution is 6.09. The van der Waals surface area contributed by atoms with Gasteiger partial charge in [-0.2, -0.15) is 5.10 Å². The molecule has 1 aliphatic heterocycles. The van der Waals surface area contributed by atoms with Crippen LogP contribution in [-0.4, -0.2) is 59.9 Å². The first-order valence-corrected chi connectivity index (χ1v) is 11.3. The Morgan fingerprint density at radius 3 is 2.53 bits per heavy atom. The lowest BCUT2D eigenvalue weighted by molar-refractivity contribution is 0.231. The number of H-pyrrole nitrogens is 1. The van der Waals surface area contributed by atoms with E-state index in [1.165, 1.54) is 12.2 Å². The fourth-order valence-electron chi connectivity index (χ4n) is 4.49. The number of benzene rings is 2. The van der Waals surface area contributed by atoms with E-state index in [0.29, 0.717) is 0 Å². The summed E-state index contributed by atoms with van der Waals surface area (Å²) in [5.41, 5.74) is 3.98. The molecular formula is C25H30N6O. The summed E-state index contributed by atoms with van der Waals surface area (Å²) in [6.45, 7) is 10.2. The molecule has 0 radical (unpaired) electrons. The second-order valence-electron chi connectivity index (χ2n) is 8.84. The molecule has 0 unspecified atom stereocenters. The normalized spacial score (nSPS) is 15.1. The molecule has 0 amide bonds. The van der Waals surface area contributed by atoms with Gasteiger partial charge in [-0.3, -0.25) is 10.00 Å². The molecule has 2 aromatic carbocycles. The number of hydrogen-bond acceptors (Lipinski definition) is 6. The van der Waals surface area contributed by atoms with E-state index in [2.05, 4.69) is 63.4 Å². The van der Waals surface area contributed by atoms with Crippen LogP contribution in [0.1, 0.15) is 13.8 Å². The quantitative estimate of drug-likeness (QED) is 0.464. The number of aromatic nitrogens is 3. The monoisotopic (exact) mass is 430 g/mol. The fraction of sp³-hybridized carbons (Fsp3) is 0.360. The summed E-state index contributed by atoms with van der Waals surface area (Å²) < 4.78 is 5.38. The van der Waals surface area contributed by atoms with Crippen molar-refractivity contribution in [2.75, 3.05) is 50.1 Å². The molecule has 0 bridgehead atoms. The third kappa shape index (κ3) is 4.08. The van der Waals surface area contributed by atoms with Crippen LogP contribution in [0.5, 0.6) is 5.75 Å². The third-order valence-corrected chi connectivity index (χ3v) is 6.08. The first kappa shape index (κ1) is 20.6. The molecule has 1 aliphatic rings. The van der Waals surface area contributed by atoms with Gasteiger partial charge >= 0.3 is 0 Å². The Kier molecular flexibility index (Phi) is 5.57. The molecule has 0 spiro atoms. The van der Waals surface area contributed by atoms with Crippen molar-refractivity contribution in [1.29, 1.82) is 0 Å². The first-order chi connectivity index (χ1) is 15.6. The summed E-state index contributed by atoms with van der Waals surface area (Å²) in [4.78, 5) is 9.85. The molecule has 7 nitrogen and oxygen atoms in total. The standard InChI is InChI=1S/C25H30N6O/c1-17(2)16-30-10-12-31(13-11-30)19-6-4-18(5-7-19)27-25-24-22(15-26-29-24)21-14-20(32-3)8-9-23(21)28-25/h4-9,14-15,17H,10-13,16H2,1-3H3,(H,26,29)(H,27,28). The maximum atomic E-state index is 5.38. The molecular weight excluding hydrogens is 400 g/mol. The van der Waals surface area contributed by atoms with E-state index in [4.69, 9.17) is 9.72 Å². The number of piperazine rings is 1. The summed E-state index contributed by atoms with van der Waals surface area (Å²) in [5.74, 6) is 2.27. The topological polar surface area (TPSA) is 69.3 Å². The van der Waals surface area contributed by atoms with Crippen LogP contribution in [0, 0.1) is 5.92 Å². The summed E-state index contributed by atoms with van der Waals surface area (Å²) in [6, 6.07) is 14.5. The fourth-order valence-corrected chi connectivity index (χ4v) is 4.49. The SMILES string of the molecule is COc1ccc2nc(Nc3ccc(N4CCN(CC(C)C)CC4)cc3)c3n[nH]cc3c2c1. The van der Waals surface area contributed by atoms with Crippen LogP contribution in [0.25, 0.3) is 21.8 Å². The van der Waals surface area contributed by atoms with Gasteiger partial charge in [0.25, 0.3) is 0 Å². The smallest absolute Gasteiger partial charge is 0.159 e. The molecule has 166 valence electrons. The van der Waals surface area contributed by atoms with Gasteiger partial charge in [-0.25, -0.2) is 4.98 Å². The highest BCUT2D eigenvalue weighted by atomic mass is 16.5. The number of nitrogens with zero attached hydrogens (tertiary/aromatic N) is 4. The third-order valence-electron chi connectivity index (χ3n) is 6.08. The number of ether oxygens (including phenoxy) is 1. The van der Waals surface area contributed by atoms with Gasteiger partial charge in [-0.15, -0.1) is 0 Å². The van der Waals surface area contributed by atoms with Crippen molar-refractivity contribution in [3.8, 4) is 5.75 Å². The lowest BCUT2D eigenvalue weighted by atomic mass is 10.1. The minimum absolute atomic E-state index is 0.721. The molecule has 1 saturated heterocycles. The molecule has 32 heavy (non-hydrogen) atoms. The van der Waals surface area contributed by atoms with Crippen molar-refractivity contribution < 1.29 is 4.74 Å². The molecule has 7 heteroatoms. The molecule has 5 rings (SSSR count). The molecule has 2 aromatic heterocycles. The van der Waals surface area contributed by atoms with Crippen molar-refractivity contribution in [3.63, 3.8) is 0 Å². The van der Waals surface area contributed by atoms with E-state index in [-0.39, 0.29) is 0 Å². The molecule has 0 aliphatic carbocycles. The Balaban J connectivity index is 1.34. The highest BCUT2D eigenvalue weighted by Crippen LogP contribution is 2.32. The van der Waals surface area contributed by atoms with Gasteiger partial charge in [-0.1, -0.05) is 13.8 Å². The molecule has 3 heterocycles. The number of nitrogens with one attached hydrogen (secondary N) is 2. The van der Waals surface area contributed by atoms with E-state index in [0.717, 1.165) is 71.2 Å². The van der Waals surface area contributed by atoms with E-state index >= 15 is 0 Å². The van der Waals surface area contributed by atoms with Crippen molar-refractivity contribution in [2.24, 2.45) is 5.92 Å². The Labute approximate surface area is 188 Å². The lowest BCUT2D eigenvalue weighted by Crippen LogP contribution is -2.47. The molecule has 0 saturated carbocycles. The number of pyridine rings is 1. The van der Waals surface area contributed by atoms with Crippen LogP contribution in [0.4, 0.5) is 17.2 Å². The van der Waals surface area contributed by atoms with Crippen molar-refractivity contribution in [1.82, 2.24) is 20.1 Å². The summed E-state index contributed by atoms with van der Waals surface area (Å²) in [6.07, 6.45) is 1.91. The zero-order chi connectivity index (χ0) is 22.1. The number of anilines is 3. The zero-order valence-electron chi connectivity index (χ0n) is 18.9. The average molecular weight is 431 g/mol. The zero-order valence-corrected chi connectivity index (χ0v) is 18.9. The summed E-state index contributed by atoms with van der Waals surface area (Å²) in [5, 5.41) is 12.9. The largest absolute Gasteiger partial charge is 0.497 e. The van der Waals surface area contributed by atoms with Crippen LogP contribution in [-0.2, 0) is 0 Å². The lowest BCUT2D eigenvalue weighted by Gasteiger charge is -2.36. The average Bonchev–Trinajstić information content (AvgIpc) is 3.30. The number of methoxy groups -OCH3 is 1. The first-order valence-electron chi connectivity index (χ1n) is 11.3. The van der Waals surface area contributed by atoms with E-state index in [1.54, 1.807) is 7.11 Å².